The zero-order valence-corrected chi connectivity index (χ0v) is 13.0. The first kappa shape index (κ1) is 24.9. The van der Waals surface area contributed by atoms with E-state index in [1.807, 2.05) is 0 Å². The summed E-state index contributed by atoms with van der Waals surface area (Å²) in [5.74, 6) is 0. The molecule has 0 amide bonds. The van der Waals surface area contributed by atoms with Gasteiger partial charge < -0.3 is 37.2 Å². The minimum Gasteiger partial charge on any atom is -1.00 e. The number of aryl methyl sites for hydroxylation is 2. The van der Waals surface area contributed by atoms with Gasteiger partial charge in [-0.1, -0.05) is 40.0 Å². The van der Waals surface area contributed by atoms with Crippen molar-refractivity contribution in [2.75, 3.05) is 0 Å². The zero-order chi connectivity index (χ0) is 8.27. The van der Waals surface area contributed by atoms with Gasteiger partial charge in [0.15, 0.2) is 0 Å². The maximum Gasteiger partial charge on any atom is 4.00 e. The predicted molar refractivity (Wildman–Crippen MR) is 50.2 cm³/mol. The summed E-state index contributed by atoms with van der Waals surface area (Å²) < 4.78 is 0. The zero-order valence-electron chi connectivity index (χ0n) is 9.36. The molecule has 1 rings (SSSR count). The molecule has 0 atom stereocenters. The van der Waals surface area contributed by atoms with Crippen molar-refractivity contribution in [2.24, 2.45) is 0 Å². The first-order valence-corrected chi connectivity index (χ1v) is 4.59. The van der Waals surface area contributed by atoms with Crippen molar-refractivity contribution in [2.45, 2.75) is 40.0 Å². The fourth-order valence-corrected chi connectivity index (χ4v) is 1.73. The van der Waals surface area contributed by atoms with Gasteiger partial charge in [-0.25, -0.2) is 6.07 Å². The summed E-state index contributed by atoms with van der Waals surface area (Å²) in [6, 6.07) is 4.55. The molecular formula is C11H17Cl3V. The molecule has 0 aliphatic rings. The molecule has 0 unspecified atom stereocenters. The van der Waals surface area contributed by atoms with Crippen LogP contribution in [-0.4, -0.2) is 0 Å². The molecule has 0 N–H and O–H groups in total. The van der Waals surface area contributed by atoms with Crippen LogP contribution in [0.1, 0.15) is 37.5 Å². The quantitative estimate of drug-likeness (QED) is 0.488. The number of rotatable bonds is 3. The van der Waals surface area contributed by atoms with Gasteiger partial charge in [0.05, 0.1) is 0 Å². The summed E-state index contributed by atoms with van der Waals surface area (Å²) in [6.45, 7) is 6.70. The van der Waals surface area contributed by atoms with Gasteiger partial charge in [-0.05, 0) is 0 Å². The molecule has 1 aromatic rings. The van der Waals surface area contributed by atoms with Crippen LogP contribution in [0, 0.1) is 0 Å². The topological polar surface area (TPSA) is 0 Å². The smallest absolute Gasteiger partial charge is 1.00 e. The van der Waals surface area contributed by atoms with Crippen molar-refractivity contribution >= 4 is 0 Å². The molecule has 1 radical (unpaired) electrons. The van der Waals surface area contributed by atoms with Crippen LogP contribution in [0.3, 0.4) is 0 Å². The summed E-state index contributed by atoms with van der Waals surface area (Å²) in [6.07, 6.45) is 3.56. The van der Waals surface area contributed by atoms with Crippen molar-refractivity contribution < 1.29 is 55.8 Å². The maximum absolute atomic E-state index is 2.28. The van der Waals surface area contributed by atoms with Crippen LogP contribution in [0.4, 0.5) is 0 Å². The third-order valence-corrected chi connectivity index (χ3v) is 2.38. The summed E-state index contributed by atoms with van der Waals surface area (Å²) in [4.78, 5) is 0. The van der Waals surface area contributed by atoms with Gasteiger partial charge >= 0.3 is 18.6 Å². The van der Waals surface area contributed by atoms with E-state index in [1.54, 1.807) is 16.7 Å². The van der Waals surface area contributed by atoms with Gasteiger partial charge in [0.1, 0.15) is 0 Å². The summed E-state index contributed by atoms with van der Waals surface area (Å²) in [7, 11) is 0. The predicted octanol–water partition coefficient (Wildman–Crippen LogP) is -5.90. The molecule has 0 aliphatic heterocycles. The van der Waals surface area contributed by atoms with Gasteiger partial charge in [0.25, 0.3) is 0 Å². The van der Waals surface area contributed by atoms with Gasteiger partial charge in [0.2, 0.25) is 0 Å². The average Bonchev–Trinajstić information content (AvgIpc) is 2.45. The first-order chi connectivity index (χ1) is 5.33. The molecule has 0 saturated heterocycles. The van der Waals surface area contributed by atoms with E-state index in [0.29, 0.717) is 0 Å². The van der Waals surface area contributed by atoms with Crippen LogP contribution >= 0.6 is 0 Å². The second kappa shape index (κ2) is 12.9. The Hall–Kier alpha value is 0.804. The Morgan fingerprint density at radius 3 is 1.87 bits per heavy atom. The standard InChI is InChI=1S/C11H17.3ClH.V/c1-4-9-7-8-10(5-2)11(9)6-3;;;;/h7-8H,4-6H2,1-3H3;3*1H;/q-1;;;;+4/p-3. The second-order valence-corrected chi connectivity index (χ2v) is 2.92. The first-order valence-electron chi connectivity index (χ1n) is 4.59. The van der Waals surface area contributed by atoms with Crippen LogP contribution in [-0.2, 0) is 37.8 Å². The van der Waals surface area contributed by atoms with E-state index in [0.717, 1.165) is 0 Å². The molecule has 15 heavy (non-hydrogen) atoms. The molecule has 1 aromatic carbocycles. The summed E-state index contributed by atoms with van der Waals surface area (Å²) in [5, 5.41) is 0. The van der Waals surface area contributed by atoms with Gasteiger partial charge in [-0.2, -0.15) is 22.8 Å². The summed E-state index contributed by atoms with van der Waals surface area (Å²) >= 11 is 0. The van der Waals surface area contributed by atoms with Crippen LogP contribution in [0.5, 0.6) is 0 Å². The van der Waals surface area contributed by atoms with E-state index in [4.69, 9.17) is 0 Å². The second-order valence-electron chi connectivity index (χ2n) is 2.92. The Kier molecular flexibility index (Phi) is 21.3. The Balaban J connectivity index is -0.000000151. The third-order valence-electron chi connectivity index (χ3n) is 2.38. The number of hydrogen-bond donors (Lipinski definition) is 0. The molecular weight excluding hydrogens is 289 g/mol. The Morgan fingerprint density at radius 2 is 1.53 bits per heavy atom. The Labute approximate surface area is 124 Å². The molecule has 0 fully saturated rings. The number of halogens is 3. The largest absolute Gasteiger partial charge is 4.00 e. The monoisotopic (exact) mass is 305 g/mol. The molecule has 0 aliphatic carbocycles. The summed E-state index contributed by atoms with van der Waals surface area (Å²) in [5.41, 5.74) is 4.68. The molecule has 0 nitrogen and oxygen atoms in total. The van der Waals surface area contributed by atoms with Crippen molar-refractivity contribution in [3.8, 4) is 0 Å². The third kappa shape index (κ3) is 6.19. The molecule has 4 heteroatoms. The Morgan fingerprint density at radius 1 is 1.00 bits per heavy atom. The SMILES string of the molecule is CCc1cc[c-](CC)c1CC.[Cl-].[Cl-].[Cl-].[V+4]. The average molecular weight is 307 g/mol. The fourth-order valence-electron chi connectivity index (χ4n) is 1.73. The van der Waals surface area contributed by atoms with Crippen molar-refractivity contribution in [1.82, 2.24) is 0 Å². The van der Waals surface area contributed by atoms with Crippen LogP contribution in [0.2, 0.25) is 0 Å². The van der Waals surface area contributed by atoms with Gasteiger partial charge in [0, 0.05) is 0 Å². The van der Waals surface area contributed by atoms with Crippen LogP contribution in [0.25, 0.3) is 0 Å². The van der Waals surface area contributed by atoms with E-state index in [2.05, 4.69) is 32.9 Å². The molecule has 87 valence electrons. The molecule has 0 spiro atoms. The van der Waals surface area contributed by atoms with E-state index in [9.17, 15) is 0 Å². The minimum atomic E-state index is 0. The Bertz CT molecular complexity index is 212. The molecule has 0 aromatic heterocycles. The van der Waals surface area contributed by atoms with E-state index >= 15 is 0 Å². The minimum absolute atomic E-state index is 0. The van der Waals surface area contributed by atoms with Gasteiger partial charge in [-0.15, -0.1) is 0 Å². The fraction of sp³-hybridized carbons (Fsp3) is 0.545. The van der Waals surface area contributed by atoms with E-state index < -0.39 is 0 Å². The van der Waals surface area contributed by atoms with E-state index in [-0.39, 0.29) is 55.8 Å². The van der Waals surface area contributed by atoms with Crippen LogP contribution in [0.15, 0.2) is 12.1 Å². The molecule has 0 saturated carbocycles. The van der Waals surface area contributed by atoms with Crippen LogP contribution < -0.4 is 37.2 Å². The van der Waals surface area contributed by atoms with Crippen molar-refractivity contribution in [3.63, 3.8) is 0 Å². The maximum atomic E-state index is 2.28. The normalized spacial score (nSPS) is 7.67. The molecule has 0 bridgehead atoms. The van der Waals surface area contributed by atoms with E-state index in [1.165, 1.54) is 19.3 Å². The molecule has 0 heterocycles. The van der Waals surface area contributed by atoms with Crippen molar-refractivity contribution in [3.05, 3.63) is 28.8 Å². The van der Waals surface area contributed by atoms with Crippen molar-refractivity contribution in [1.29, 1.82) is 0 Å². The van der Waals surface area contributed by atoms with Gasteiger partial charge in [-0.3, -0.25) is 0 Å². The number of hydrogen-bond acceptors (Lipinski definition) is 0.